The summed E-state index contributed by atoms with van der Waals surface area (Å²) in [4.78, 5) is 13.0. The third-order valence-corrected chi connectivity index (χ3v) is 1.80. The lowest BCUT2D eigenvalue weighted by molar-refractivity contribution is -0.114. The molecule has 1 amide bonds. The number of nitrogens with one attached hydrogen (secondary N) is 1. The average Bonchev–Trinajstić information content (AvgIpc) is 2.13. The molecule has 84 valence electrons. The summed E-state index contributed by atoms with van der Waals surface area (Å²) >= 11 is 0. The van der Waals surface area contributed by atoms with Gasteiger partial charge in [0.05, 0.1) is 0 Å². The normalized spacial score (nSPS) is 10.2. The van der Waals surface area contributed by atoms with E-state index in [2.05, 4.69) is 29.2 Å². The molecular weight excluding hydrogens is 206 g/mol. The molecule has 0 aromatic heterocycles. The Labute approximate surface area is 90.6 Å². The van der Waals surface area contributed by atoms with Gasteiger partial charge in [-0.3, -0.25) is 4.79 Å². The van der Waals surface area contributed by atoms with Crippen LogP contribution in [0.2, 0.25) is 0 Å². The third kappa shape index (κ3) is 7.82. The van der Waals surface area contributed by atoms with E-state index >= 15 is 0 Å². The van der Waals surface area contributed by atoms with Gasteiger partial charge in [-0.05, 0) is 13.1 Å². The van der Waals surface area contributed by atoms with E-state index in [1.54, 1.807) is 0 Å². The minimum Gasteiger partial charge on any atom is -0.411 e. The highest BCUT2D eigenvalue weighted by molar-refractivity contribution is 6.25. The topological polar surface area (TPSA) is 64.9 Å². The molecule has 2 N–H and O–H groups in total. The molecule has 0 bridgehead atoms. The summed E-state index contributed by atoms with van der Waals surface area (Å²) in [5, 5.41) is 13.3. The molecule has 0 saturated heterocycles. The van der Waals surface area contributed by atoms with Crippen molar-refractivity contribution in [2.75, 3.05) is 26.2 Å². The van der Waals surface area contributed by atoms with Gasteiger partial charge in [-0.1, -0.05) is 19.0 Å². The highest BCUT2D eigenvalue weighted by Gasteiger charge is 1.99. The quantitative estimate of drug-likeness (QED) is 0.388. The summed E-state index contributed by atoms with van der Waals surface area (Å²) in [6.45, 7) is 7.48. The van der Waals surface area contributed by atoms with Crippen LogP contribution in [0.15, 0.2) is 5.16 Å². The monoisotopic (exact) mass is 223 g/mol. The molecule has 0 aliphatic rings. The summed E-state index contributed by atoms with van der Waals surface area (Å²) in [6, 6.07) is 0. The van der Waals surface area contributed by atoms with Crippen LogP contribution in [0.3, 0.4) is 0 Å². The van der Waals surface area contributed by atoms with Gasteiger partial charge < -0.3 is 15.4 Å². The van der Waals surface area contributed by atoms with Gasteiger partial charge in [0.2, 0.25) is 0 Å². The third-order valence-electron chi connectivity index (χ3n) is 1.80. The minimum atomic E-state index is -0.366. The van der Waals surface area contributed by atoms with Crippen LogP contribution in [0.5, 0.6) is 0 Å². The van der Waals surface area contributed by atoms with Crippen LogP contribution in [0.25, 0.3) is 0 Å². The van der Waals surface area contributed by atoms with E-state index in [9.17, 15) is 4.79 Å². The van der Waals surface area contributed by atoms with Crippen molar-refractivity contribution in [1.29, 1.82) is 0 Å². The molecule has 0 aromatic rings. The highest BCUT2D eigenvalue weighted by Crippen LogP contribution is 1.83. The Kier molecular flexibility index (Phi) is 11.5. The lowest BCUT2D eigenvalue weighted by Gasteiger charge is -2.17. The van der Waals surface area contributed by atoms with Crippen molar-refractivity contribution in [3.63, 3.8) is 0 Å². The molecule has 0 heterocycles. The lowest BCUT2D eigenvalue weighted by Crippen LogP contribution is -2.35. The van der Waals surface area contributed by atoms with E-state index in [0.717, 1.165) is 25.8 Å². The molecular formula is C8H18ClN3O2. The fraction of sp³-hybridized carbons (Fsp3) is 0.750. The number of amides is 1. The van der Waals surface area contributed by atoms with Crippen molar-refractivity contribution in [3.05, 3.63) is 0 Å². The molecule has 0 aromatic carbocycles. The number of hydrogen-bond donors (Lipinski definition) is 2. The second-order valence-corrected chi connectivity index (χ2v) is 2.56. The van der Waals surface area contributed by atoms with Crippen LogP contribution < -0.4 is 5.32 Å². The second kappa shape index (κ2) is 10.3. The summed E-state index contributed by atoms with van der Waals surface area (Å²) in [6.07, 6.45) is 0.849. The summed E-state index contributed by atoms with van der Waals surface area (Å²) < 4.78 is 0. The lowest BCUT2D eigenvalue weighted by atomic mass is 10.4. The molecule has 14 heavy (non-hydrogen) atoms. The number of halogens is 1. The average molecular weight is 224 g/mol. The maximum atomic E-state index is 10.8. The summed E-state index contributed by atoms with van der Waals surface area (Å²) in [5.41, 5.74) is 0. The zero-order valence-corrected chi connectivity index (χ0v) is 9.38. The van der Waals surface area contributed by atoms with Gasteiger partial charge in [0.25, 0.3) is 5.91 Å². The van der Waals surface area contributed by atoms with Gasteiger partial charge >= 0.3 is 0 Å². The Morgan fingerprint density at radius 1 is 1.50 bits per heavy atom. The fourth-order valence-electron chi connectivity index (χ4n) is 0.975. The Morgan fingerprint density at radius 3 is 2.50 bits per heavy atom. The molecule has 5 nitrogen and oxygen atoms in total. The maximum Gasteiger partial charge on any atom is 0.265 e. The standard InChI is InChI=1S/C8H17N3O2.ClH/c1-3-11(4-2)6-5-9-8(12)7-10-13;/h7,13H,3-6H2,1-2H3,(H,9,12);1H/b10-7-;. The number of carbonyl (C=O) groups excluding carboxylic acids is 1. The van der Waals surface area contributed by atoms with Crippen LogP contribution >= 0.6 is 12.4 Å². The molecule has 0 rings (SSSR count). The van der Waals surface area contributed by atoms with Crippen LogP contribution in [-0.4, -0.2) is 48.4 Å². The molecule has 0 spiro atoms. The molecule has 0 aliphatic heterocycles. The molecule has 0 atom stereocenters. The number of nitrogens with zero attached hydrogens (tertiary/aromatic N) is 2. The van der Waals surface area contributed by atoms with Crippen molar-refractivity contribution < 1.29 is 10.0 Å². The maximum absolute atomic E-state index is 10.8. The molecule has 6 heteroatoms. The van der Waals surface area contributed by atoms with Crippen molar-refractivity contribution in [2.45, 2.75) is 13.8 Å². The Balaban J connectivity index is 0. The first-order valence-corrected chi connectivity index (χ1v) is 4.42. The van der Waals surface area contributed by atoms with E-state index in [-0.39, 0.29) is 18.3 Å². The Hall–Kier alpha value is -0.810. The van der Waals surface area contributed by atoms with Gasteiger partial charge in [-0.2, -0.15) is 0 Å². The second-order valence-electron chi connectivity index (χ2n) is 2.56. The van der Waals surface area contributed by atoms with Crippen LogP contribution in [0, 0.1) is 0 Å². The van der Waals surface area contributed by atoms with E-state index in [1.807, 2.05) is 0 Å². The summed E-state index contributed by atoms with van der Waals surface area (Å²) in [7, 11) is 0. The zero-order chi connectivity index (χ0) is 10.1. The molecule has 0 radical (unpaired) electrons. The van der Waals surface area contributed by atoms with Crippen molar-refractivity contribution in [1.82, 2.24) is 10.2 Å². The predicted octanol–water partition coefficient (Wildman–Crippen LogP) is 0.326. The van der Waals surface area contributed by atoms with Crippen LogP contribution in [0.4, 0.5) is 0 Å². The van der Waals surface area contributed by atoms with Crippen molar-refractivity contribution in [3.8, 4) is 0 Å². The van der Waals surface area contributed by atoms with Gasteiger partial charge in [0.1, 0.15) is 6.21 Å². The smallest absolute Gasteiger partial charge is 0.265 e. The van der Waals surface area contributed by atoms with Crippen molar-refractivity contribution in [2.24, 2.45) is 5.16 Å². The largest absolute Gasteiger partial charge is 0.411 e. The first kappa shape index (κ1) is 15.7. The SMILES string of the molecule is CCN(CC)CCNC(=O)/C=N\O.Cl. The Morgan fingerprint density at radius 2 is 2.07 bits per heavy atom. The number of carbonyl (C=O) groups is 1. The number of rotatable bonds is 6. The Bertz CT molecular complexity index is 172. The van der Waals surface area contributed by atoms with Gasteiger partial charge in [-0.25, -0.2) is 0 Å². The predicted molar refractivity (Wildman–Crippen MR) is 58.3 cm³/mol. The van der Waals surface area contributed by atoms with Gasteiger partial charge in [0, 0.05) is 13.1 Å². The highest BCUT2D eigenvalue weighted by atomic mass is 35.5. The van der Waals surface area contributed by atoms with Gasteiger partial charge in [-0.15, -0.1) is 12.4 Å². The first-order valence-electron chi connectivity index (χ1n) is 4.42. The number of likely N-dealkylation sites (N-methyl/N-ethyl adjacent to an activating group) is 1. The number of hydrogen-bond acceptors (Lipinski definition) is 4. The van der Waals surface area contributed by atoms with E-state index < -0.39 is 0 Å². The number of oxime groups is 1. The van der Waals surface area contributed by atoms with Crippen molar-refractivity contribution >= 4 is 24.5 Å². The van der Waals surface area contributed by atoms with Gasteiger partial charge in [0.15, 0.2) is 0 Å². The van der Waals surface area contributed by atoms with E-state index in [1.165, 1.54) is 0 Å². The molecule has 0 fully saturated rings. The van der Waals surface area contributed by atoms with E-state index in [0.29, 0.717) is 6.54 Å². The zero-order valence-electron chi connectivity index (χ0n) is 8.56. The molecule has 0 unspecified atom stereocenters. The molecule has 0 aliphatic carbocycles. The van der Waals surface area contributed by atoms with Crippen LogP contribution in [0.1, 0.15) is 13.8 Å². The fourth-order valence-corrected chi connectivity index (χ4v) is 0.975. The summed E-state index contributed by atoms with van der Waals surface area (Å²) in [5.74, 6) is -0.366. The first-order chi connectivity index (χ1) is 6.24. The molecule has 0 saturated carbocycles. The van der Waals surface area contributed by atoms with E-state index in [4.69, 9.17) is 5.21 Å². The minimum absolute atomic E-state index is 0. The van der Waals surface area contributed by atoms with Crippen LogP contribution in [-0.2, 0) is 4.79 Å².